The van der Waals surface area contributed by atoms with Crippen molar-refractivity contribution in [3.8, 4) is 5.88 Å². The van der Waals surface area contributed by atoms with Crippen LogP contribution in [0.15, 0.2) is 18.3 Å². The Balaban J connectivity index is 1.56. The molecule has 112 valence electrons. The van der Waals surface area contributed by atoms with Gasteiger partial charge >= 0.3 is 0 Å². The third-order valence-corrected chi connectivity index (χ3v) is 4.01. The third-order valence-electron chi connectivity index (χ3n) is 4.01. The topological polar surface area (TPSA) is 71.5 Å². The van der Waals surface area contributed by atoms with Crippen LogP contribution >= 0.6 is 0 Å². The van der Waals surface area contributed by atoms with E-state index in [9.17, 15) is 9.59 Å². The lowest BCUT2D eigenvalue weighted by Crippen LogP contribution is -2.33. The average molecular weight is 289 g/mol. The van der Waals surface area contributed by atoms with Crippen LogP contribution in [0.5, 0.6) is 5.88 Å². The molecule has 1 saturated carbocycles. The van der Waals surface area contributed by atoms with Gasteiger partial charge in [-0.15, -0.1) is 0 Å². The molecule has 1 aliphatic carbocycles. The van der Waals surface area contributed by atoms with Gasteiger partial charge in [0.2, 0.25) is 17.7 Å². The fraction of sp³-hybridized carbons (Fsp3) is 0.533. The maximum atomic E-state index is 12.2. The number of rotatable bonds is 5. The first-order valence-electron chi connectivity index (χ1n) is 7.24. The summed E-state index contributed by atoms with van der Waals surface area (Å²) in [4.78, 5) is 30.0. The minimum Gasteiger partial charge on any atom is -0.481 e. The Morgan fingerprint density at radius 1 is 1.52 bits per heavy atom. The van der Waals surface area contributed by atoms with E-state index in [1.54, 1.807) is 19.4 Å². The van der Waals surface area contributed by atoms with Gasteiger partial charge in [-0.2, -0.15) is 0 Å². The van der Waals surface area contributed by atoms with Crippen molar-refractivity contribution in [1.29, 1.82) is 0 Å². The molecule has 0 aromatic carbocycles. The molecule has 1 aromatic rings. The van der Waals surface area contributed by atoms with E-state index in [4.69, 9.17) is 4.74 Å². The Morgan fingerprint density at radius 3 is 3.05 bits per heavy atom. The van der Waals surface area contributed by atoms with Crippen molar-refractivity contribution in [3.05, 3.63) is 23.9 Å². The number of likely N-dealkylation sites (tertiary alicyclic amines) is 1. The van der Waals surface area contributed by atoms with E-state index in [0.717, 1.165) is 18.4 Å². The summed E-state index contributed by atoms with van der Waals surface area (Å²) in [6, 6.07) is 4.05. The van der Waals surface area contributed by atoms with Crippen LogP contribution in [-0.4, -0.2) is 41.4 Å². The molecule has 1 aromatic heterocycles. The maximum Gasteiger partial charge on any atom is 0.225 e. The second kappa shape index (κ2) is 5.71. The summed E-state index contributed by atoms with van der Waals surface area (Å²) in [7, 11) is 1.55. The van der Waals surface area contributed by atoms with Gasteiger partial charge in [-0.05, 0) is 18.9 Å². The predicted octanol–water partition coefficient (Wildman–Crippen LogP) is 0.717. The molecule has 2 heterocycles. The maximum absolute atomic E-state index is 12.2. The zero-order valence-electron chi connectivity index (χ0n) is 12.0. The molecule has 1 N–H and O–H groups in total. The molecule has 2 amide bonds. The first-order valence-corrected chi connectivity index (χ1v) is 7.24. The average Bonchev–Trinajstić information content (AvgIpc) is 3.27. The number of amides is 2. The zero-order chi connectivity index (χ0) is 14.8. The van der Waals surface area contributed by atoms with E-state index in [-0.39, 0.29) is 17.7 Å². The molecule has 6 nitrogen and oxygen atoms in total. The van der Waals surface area contributed by atoms with Crippen LogP contribution < -0.4 is 10.1 Å². The summed E-state index contributed by atoms with van der Waals surface area (Å²) < 4.78 is 5.15. The Kier molecular flexibility index (Phi) is 3.77. The van der Waals surface area contributed by atoms with Gasteiger partial charge in [0.15, 0.2) is 0 Å². The summed E-state index contributed by atoms with van der Waals surface area (Å²) >= 11 is 0. The largest absolute Gasteiger partial charge is 0.481 e. The van der Waals surface area contributed by atoms with Gasteiger partial charge in [-0.25, -0.2) is 4.98 Å². The van der Waals surface area contributed by atoms with Crippen molar-refractivity contribution in [2.75, 3.05) is 13.7 Å². The van der Waals surface area contributed by atoms with Crippen molar-refractivity contribution >= 4 is 11.8 Å². The molecule has 1 saturated heterocycles. The lowest BCUT2D eigenvalue weighted by Gasteiger charge is -2.15. The lowest BCUT2D eigenvalue weighted by molar-refractivity contribution is -0.129. The third kappa shape index (κ3) is 2.99. The van der Waals surface area contributed by atoms with Gasteiger partial charge in [0.1, 0.15) is 0 Å². The number of nitrogens with one attached hydrogen (secondary N) is 1. The monoisotopic (exact) mass is 289 g/mol. The van der Waals surface area contributed by atoms with E-state index >= 15 is 0 Å². The molecule has 1 aliphatic heterocycles. The van der Waals surface area contributed by atoms with Crippen molar-refractivity contribution < 1.29 is 14.3 Å². The van der Waals surface area contributed by atoms with E-state index in [1.165, 1.54) is 0 Å². The van der Waals surface area contributed by atoms with Crippen molar-refractivity contribution in [3.63, 3.8) is 0 Å². The fourth-order valence-corrected chi connectivity index (χ4v) is 2.72. The standard InChI is InChI=1S/C15H19N3O3/c1-21-15-10(3-2-6-16-15)8-17-14(20)11-7-13(19)18(9-11)12-4-5-12/h2-3,6,11-12H,4-5,7-9H2,1H3,(H,17,20)/t11-/m1/s1. The second-order valence-electron chi connectivity index (χ2n) is 5.57. The molecule has 0 unspecified atom stereocenters. The van der Waals surface area contributed by atoms with E-state index in [0.29, 0.717) is 31.4 Å². The number of carbonyl (C=O) groups excluding carboxylic acids is 2. The second-order valence-corrected chi connectivity index (χ2v) is 5.57. The predicted molar refractivity (Wildman–Crippen MR) is 75.5 cm³/mol. The first kappa shape index (κ1) is 13.9. The quantitative estimate of drug-likeness (QED) is 0.867. The Hall–Kier alpha value is -2.11. The lowest BCUT2D eigenvalue weighted by atomic mass is 10.1. The molecule has 3 rings (SSSR count). The molecule has 0 radical (unpaired) electrons. The highest BCUT2D eigenvalue weighted by molar-refractivity contribution is 5.89. The van der Waals surface area contributed by atoms with Gasteiger partial charge in [0.05, 0.1) is 13.0 Å². The molecule has 0 bridgehead atoms. The Bertz CT molecular complexity index is 557. The van der Waals surface area contributed by atoms with Crippen molar-refractivity contribution in [2.45, 2.75) is 31.8 Å². The normalized spacial score (nSPS) is 21.5. The minimum atomic E-state index is -0.235. The van der Waals surface area contributed by atoms with E-state index < -0.39 is 0 Å². The zero-order valence-corrected chi connectivity index (χ0v) is 12.0. The van der Waals surface area contributed by atoms with Crippen LogP contribution in [0, 0.1) is 5.92 Å². The summed E-state index contributed by atoms with van der Waals surface area (Å²) in [5, 5.41) is 2.88. The molecule has 6 heteroatoms. The van der Waals surface area contributed by atoms with Gasteiger partial charge in [-0.1, -0.05) is 6.07 Å². The highest BCUT2D eigenvalue weighted by Crippen LogP contribution is 2.32. The number of ether oxygens (including phenoxy) is 1. The number of methoxy groups -OCH3 is 1. The first-order chi connectivity index (χ1) is 10.2. The fourth-order valence-electron chi connectivity index (χ4n) is 2.72. The van der Waals surface area contributed by atoms with Crippen LogP contribution in [0.4, 0.5) is 0 Å². The van der Waals surface area contributed by atoms with Crippen LogP contribution in [0.3, 0.4) is 0 Å². The number of hydrogen-bond donors (Lipinski definition) is 1. The van der Waals surface area contributed by atoms with E-state index in [1.807, 2.05) is 11.0 Å². The number of carbonyl (C=O) groups is 2. The number of aromatic nitrogens is 1. The number of nitrogens with zero attached hydrogens (tertiary/aromatic N) is 2. The molecular weight excluding hydrogens is 270 g/mol. The Morgan fingerprint density at radius 2 is 2.33 bits per heavy atom. The highest BCUT2D eigenvalue weighted by Gasteiger charge is 2.41. The molecule has 0 spiro atoms. The molecule has 21 heavy (non-hydrogen) atoms. The smallest absolute Gasteiger partial charge is 0.225 e. The highest BCUT2D eigenvalue weighted by atomic mass is 16.5. The molecule has 2 aliphatic rings. The summed E-state index contributed by atoms with van der Waals surface area (Å²) in [5.41, 5.74) is 0.830. The van der Waals surface area contributed by atoms with Gasteiger partial charge in [-0.3, -0.25) is 9.59 Å². The summed E-state index contributed by atoms with van der Waals surface area (Å²) in [6.07, 6.45) is 4.12. The summed E-state index contributed by atoms with van der Waals surface area (Å²) in [5.74, 6) is 0.315. The van der Waals surface area contributed by atoms with Gasteiger partial charge < -0.3 is 15.0 Å². The SMILES string of the molecule is COc1ncccc1CNC(=O)[C@@H]1CC(=O)N(C2CC2)C1. The Labute approximate surface area is 123 Å². The van der Waals surface area contributed by atoms with Gasteiger partial charge in [0.25, 0.3) is 0 Å². The van der Waals surface area contributed by atoms with Crippen LogP contribution in [0.2, 0.25) is 0 Å². The summed E-state index contributed by atoms with van der Waals surface area (Å²) in [6.45, 7) is 0.920. The molecule has 1 atom stereocenters. The van der Waals surface area contributed by atoms with E-state index in [2.05, 4.69) is 10.3 Å². The van der Waals surface area contributed by atoms with Crippen LogP contribution in [0.1, 0.15) is 24.8 Å². The van der Waals surface area contributed by atoms with Crippen LogP contribution in [0.25, 0.3) is 0 Å². The molecule has 2 fully saturated rings. The number of hydrogen-bond acceptors (Lipinski definition) is 4. The van der Waals surface area contributed by atoms with Crippen LogP contribution in [-0.2, 0) is 16.1 Å². The minimum absolute atomic E-state index is 0.0718. The molecular formula is C15H19N3O3. The van der Waals surface area contributed by atoms with Gasteiger partial charge in [0, 0.05) is 37.3 Å². The van der Waals surface area contributed by atoms with Crippen molar-refractivity contribution in [1.82, 2.24) is 15.2 Å². The van der Waals surface area contributed by atoms with Crippen molar-refractivity contribution in [2.24, 2.45) is 5.92 Å². The number of pyridine rings is 1.